The van der Waals surface area contributed by atoms with Crippen LogP contribution in [0.1, 0.15) is 45.0 Å². The highest BCUT2D eigenvalue weighted by molar-refractivity contribution is 5.93. The minimum Gasteiger partial charge on any atom is -0.354 e. The number of rotatable bonds is 3. The summed E-state index contributed by atoms with van der Waals surface area (Å²) in [4.78, 5) is 15.0. The molecule has 3 heterocycles. The lowest BCUT2D eigenvalue weighted by atomic mass is 9.87. The third-order valence-corrected chi connectivity index (χ3v) is 5.54. The van der Waals surface area contributed by atoms with Crippen molar-refractivity contribution in [3.8, 4) is 0 Å². The maximum absolute atomic E-state index is 12.9. The van der Waals surface area contributed by atoms with Crippen LogP contribution in [-0.2, 0) is 10.2 Å². The second-order valence-corrected chi connectivity index (χ2v) is 8.81. The number of benzene rings is 1. The first-order valence-corrected chi connectivity index (χ1v) is 10.2. The Labute approximate surface area is 171 Å². The highest BCUT2D eigenvalue weighted by atomic mass is 16.1. The van der Waals surface area contributed by atoms with E-state index in [1.807, 2.05) is 31.2 Å². The number of aryl methyl sites for hydroxylation is 1. The molecule has 1 amide bonds. The van der Waals surface area contributed by atoms with Crippen molar-refractivity contribution in [1.29, 1.82) is 0 Å². The molecule has 1 aromatic carbocycles. The number of piperidine rings is 1. The van der Waals surface area contributed by atoms with E-state index in [4.69, 9.17) is 0 Å². The summed E-state index contributed by atoms with van der Waals surface area (Å²) in [5.74, 6) is 1.62. The van der Waals surface area contributed by atoms with E-state index < -0.39 is 0 Å². The fourth-order valence-corrected chi connectivity index (χ4v) is 3.75. The predicted molar refractivity (Wildman–Crippen MR) is 114 cm³/mol. The molecule has 4 rings (SSSR count). The molecule has 1 unspecified atom stereocenters. The summed E-state index contributed by atoms with van der Waals surface area (Å²) in [5.41, 5.74) is 2.94. The summed E-state index contributed by atoms with van der Waals surface area (Å²) in [6.07, 6.45) is 1.85. The van der Waals surface area contributed by atoms with E-state index in [1.165, 1.54) is 5.56 Å². The Morgan fingerprint density at radius 2 is 1.86 bits per heavy atom. The summed E-state index contributed by atoms with van der Waals surface area (Å²) in [7, 11) is 0. The van der Waals surface area contributed by atoms with Crippen molar-refractivity contribution in [1.82, 2.24) is 19.8 Å². The van der Waals surface area contributed by atoms with Gasteiger partial charge < -0.3 is 10.2 Å². The number of fused-ring (bicyclic) bond motifs is 1. The van der Waals surface area contributed by atoms with E-state index in [0.717, 1.165) is 42.4 Å². The molecule has 2 aromatic heterocycles. The highest BCUT2D eigenvalue weighted by Gasteiger charge is 2.27. The average Bonchev–Trinajstić information content (AvgIpc) is 3.08. The van der Waals surface area contributed by atoms with E-state index in [9.17, 15) is 4.79 Å². The van der Waals surface area contributed by atoms with Crippen LogP contribution in [0.4, 0.5) is 11.5 Å². The zero-order chi connectivity index (χ0) is 20.6. The molecule has 7 nitrogen and oxygen atoms in total. The number of nitrogens with one attached hydrogen (secondary N) is 1. The maximum Gasteiger partial charge on any atom is 0.229 e. The first-order valence-electron chi connectivity index (χ1n) is 10.2. The van der Waals surface area contributed by atoms with Crippen LogP contribution in [0, 0.1) is 12.8 Å². The number of nitrogens with zero attached hydrogens (tertiary/aromatic N) is 5. The van der Waals surface area contributed by atoms with E-state index >= 15 is 0 Å². The van der Waals surface area contributed by atoms with Gasteiger partial charge in [-0.1, -0.05) is 32.9 Å². The van der Waals surface area contributed by atoms with Gasteiger partial charge in [0.2, 0.25) is 5.91 Å². The molecule has 1 N–H and O–H groups in total. The van der Waals surface area contributed by atoms with Gasteiger partial charge in [-0.15, -0.1) is 15.3 Å². The minimum absolute atomic E-state index is 0.0643. The number of hydrogen-bond acceptors (Lipinski definition) is 5. The van der Waals surface area contributed by atoms with Crippen LogP contribution in [0.5, 0.6) is 0 Å². The van der Waals surface area contributed by atoms with Gasteiger partial charge in [-0.05, 0) is 55.0 Å². The Hall–Kier alpha value is -2.96. The number of carbonyl (C=O) groups excluding carboxylic acids is 1. The SMILES string of the molecule is Cc1nnc2ccc(N3CCCC(C(=O)Nc4ccc(C(C)(C)C)cc4)C3)nn12. The number of anilines is 2. The van der Waals surface area contributed by atoms with Gasteiger partial charge in [0.1, 0.15) is 5.82 Å². The molecular formula is C22H28N6O. The van der Waals surface area contributed by atoms with Gasteiger partial charge in [-0.2, -0.15) is 4.52 Å². The van der Waals surface area contributed by atoms with Gasteiger partial charge in [0.15, 0.2) is 11.5 Å². The van der Waals surface area contributed by atoms with Crippen LogP contribution in [0.15, 0.2) is 36.4 Å². The quantitative estimate of drug-likeness (QED) is 0.737. The second kappa shape index (κ2) is 7.46. The second-order valence-electron chi connectivity index (χ2n) is 8.81. The molecule has 0 saturated carbocycles. The molecule has 1 atom stereocenters. The van der Waals surface area contributed by atoms with Gasteiger partial charge in [0, 0.05) is 18.8 Å². The third kappa shape index (κ3) is 4.09. The standard InChI is InChI=1S/C22H28N6O/c1-15-24-25-19-11-12-20(26-28(15)19)27-13-5-6-16(14-27)21(29)23-18-9-7-17(8-10-18)22(2,3)4/h7-12,16H,5-6,13-14H2,1-4H3,(H,23,29). The summed E-state index contributed by atoms with van der Waals surface area (Å²) >= 11 is 0. The molecular weight excluding hydrogens is 364 g/mol. The molecule has 152 valence electrons. The summed E-state index contributed by atoms with van der Waals surface area (Å²) < 4.78 is 1.75. The van der Waals surface area contributed by atoms with Crippen molar-refractivity contribution in [2.45, 2.75) is 46.0 Å². The molecule has 0 bridgehead atoms. The topological polar surface area (TPSA) is 75.4 Å². The van der Waals surface area contributed by atoms with Crippen molar-refractivity contribution < 1.29 is 4.79 Å². The van der Waals surface area contributed by atoms with Crippen LogP contribution >= 0.6 is 0 Å². The first kappa shape index (κ1) is 19.4. The molecule has 0 spiro atoms. The van der Waals surface area contributed by atoms with E-state index in [0.29, 0.717) is 6.54 Å². The smallest absolute Gasteiger partial charge is 0.229 e. The van der Waals surface area contributed by atoms with Crippen molar-refractivity contribution in [2.24, 2.45) is 5.92 Å². The molecule has 1 aliphatic heterocycles. The minimum atomic E-state index is -0.0643. The fraction of sp³-hybridized carbons (Fsp3) is 0.455. The summed E-state index contributed by atoms with van der Waals surface area (Å²) in [6, 6.07) is 12.0. The molecule has 29 heavy (non-hydrogen) atoms. The van der Waals surface area contributed by atoms with E-state index in [2.05, 4.69) is 58.4 Å². The highest BCUT2D eigenvalue weighted by Crippen LogP contribution is 2.25. The van der Waals surface area contributed by atoms with Crippen LogP contribution < -0.4 is 10.2 Å². The normalized spacial score (nSPS) is 17.5. The Bertz CT molecular complexity index is 1020. The lowest BCUT2D eigenvalue weighted by Crippen LogP contribution is -2.41. The third-order valence-electron chi connectivity index (χ3n) is 5.54. The van der Waals surface area contributed by atoms with Crippen LogP contribution in [0.2, 0.25) is 0 Å². The molecule has 1 aliphatic rings. The molecule has 0 radical (unpaired) electrons. The molecule has 0 aliphatic carbocycles. The zero-order valence-electron chi connectivity index (χ0n) is 17.5. The van der Waals surface area contributed by atoms with E-state index in [1.54, 1.807) is 4.52 Å². The predicted octanol–water partition coefficient (Wildman–Crippen LogP) is 3.59. The fourth-order valence-electron chi connectivity index (χ4n) is 3.75. The monoisotopic (exact) mass is 392 g/mol. The number of carbonyl (C=O) groups is 1. The Kier molecular flexibility index (Phi) is 4.98. The summed E-state index contributed by atoms with van der Waals surface area (Å²) in [5, 5.41) is 15.9. The largest absolute Gasteiger partial charge is 0.354 e. The van der Waals surface area contributed by atoms with Gasteiger partial charge >= 0.3 is 0 Å². The van der Waals surface area contributed by atoms with Crippen molar-refractivity contribution in [3.05, 3.63) is 47.8 Å². The molecule has 1 saturated heterocycles. The Morgan fingerprint density at radius 3 is 2.59 bits per heavy atom. The average molecular weight is 393 g/mol. The van der Waals surface area contributed by atoms with Crippen LogP contribution in [0.3, 0.4) is 0 Å². The lowest BCUT2D eigenvalue weighted by molar-refractivity contribution is -0.120. The molecule has 1 fully saturated rings. The Balaban J connectivity index is 1.44. The summed E-state index contributed by atoms with van der Waals surface area (Å²) in [6.45, 7) is 9.99. The van der Waals surface area contributed by atoms with Gasteiger partial charge in [-0.25, -0.2) is 0 Å². The first-order chi connectivity index (χ1) is 13.8. The van der Waals surface area contributed by atoms with Crippen LogP contribution in [-0.4, -0.2) is 38.8 Å². The molecule has 3 aromatic rings. The van der Waals surface area contributed by atoms with Crippen molar-refractivity contribution in [3.63, 3.8) is 0 Å². The maximum atomic E-state index is 12.9. The zero-order valence-corrected chi connectivity index (χ0v) is 17.5. The molecule has 7 heteroatoms. The number of hydrogen-bond donors (Lipinski definition) is 1. The number of amides is 1. The van der Waals surface area contributed by atoms with Crippen molar-refractivity contribution >= 4 is 23.1 Å². The van der Waals surface area contributed by atoms with Gasteiger partial charge in [-0.3, -0.25) is 4.79 Å². The van der Waals surface area contributed by atoms with Gasteiger partial charge in [0.25, 0.3) is 0 Å². The lowest BCUT2D eigenvalue weighted by Gasteiger charge is -2.32. The van der Waals surface area contributed by atoms with Crippen LogP contribution in [0.25, 0.3) is 5.65 Å². The number of aromatic nitrogens is 4. The van der Waals surface area contributed by atoms with E-state index in [-0.39, 0.29) is 17.2 Å². The Morgan fingerprint density at radius 1 is 1.10 bits per heavy atom. The van der Waals surface area contributed by atoms with Gasteiger partial charge in [0.05, 0.1) is 5.92 Å². The van der Waals surface area contributed by atoms with Crippen molar-refractivity contribution in [2.75, 3.05) is 23.3 Å².